The Balaban J connectivity index is 1.26. The number of aromatic nitrogens is 1. The summed E-state index contributed by atoms with van der Waals surface area (Å²) in [7, 11) is 4.26. The van der Waals surface area contributed by atoms with Crippen molar-refractivity contribution >= 4 is 34.1 Å². The normalized spacial score (nSPS) is 23.5. The number of hydrogen-bond donors (Lipinski definition) is 4. The van der Waals surface area contributed by atoms with Gasteiger partial charge in [0.15, 0.2) is 0 Å². The first-order valence-electron chi connectivity index (χ1n) is 14.4. The first-order chi connectivity index (χ1) is 20.7. The Kier molecular flexibility index (Phi) is 4.90. The first-order valence-corrected chi connectivity index (χ1v) is 14.4. The summed E-state index contributed by atoms with van der Waals surface area (Å²) in [5.41, 5.74) is 7.03. The molecule has 4 atom stereocenters. The van der Waals surface area contributed by atoms with Gasteiger partial charge in [0.25, 0.3) is 0 Å². The lowest BCUT2D eigenvalue weighted by molar-refractivity contribution is 0.182. The maximum absolute atomic E-state index is 5.25. The van der Waals surface area contributed by atoms with Crippen molar-refractivity contribution in [2.24, 2.45) is 17.0 Å². The molecule has 4 unspecified atom stereocenters. The van der Waals surface area contributed by atoms with Gasteiger partial charge < -0.3 is 25.8 Å². The van der Waals surface area contributed by atoms with E-state index in [9.17, 15) is 0 Å². The molecule has 4 aliphatic heterocycles. The highest BCUT2D eigenvalue weighted by Crippen LogP contribution is 2.43. The molecule has 4 N–H and O–H groups in total. The van der Waals surface area contributed by atoms with E-state index in [1.807, 2.05) is 0 Å². The van der Waals surface area contributed by atoms with Crippen LogP contribution in [-0.4, -0.2) is 28.2 Å². The predicted molar refractivity (Wildman–Crippen MR) is 168 cm³/mol. The zero-order valence-electron chi connectivity index (χ0n) is 23.3. The van der Waals surface area contributed by atoms with Gasteiger partial charge in [0.05, 0.1) is 0 Å². The second kappa shape index (κ2) is 8.71. The molecule has 1 aromatic heterocycles. The van der Waals surface area contributed by atoms with Crippen molar-refractivity contribution in [1.29, 1.82) is 0 Å². The maximum atomic E-state index is 5.25. The fourth-order valence-corrected chi connectivity index (χ4v) is 7.08. The Morgan fingerprint density at radius 1 is 0.500 bits per heavy atom. The summed E-state index contributed by atoms with van der Waals surface area (Å²) in [6.07, 6.45) is -0.583. The summed E-state index contributed by atoms with van der Waals surface area (Å²) < 4.78 is 2.21. The number of aliphatic imine (C=N–C) groups is 2. The standard InChI is InChI=1S/C34H30N8/c1-41-31-23-15-7-8-16-24(23)32(41)38-28-20-12-4-6-14-22(20)30(36-28)40-34-26-18-10-9-17-25(26)33(42(34)2)39-29-21-13-5-3-11-19(21)27(35-29)37-31/h3-18,27-28,33-34,37-38H,1-2H3,(H,35,39)(H,36,40). The first kappa shape index (κ1) is 23.6. The van der Waals surface area contributed by atoms with Gasteiger partial charge in [-0.3, -0.25) is 4.90 Å². The molecule has 206 valence electrons. The van der Waals surface area contributed by atoms with E-state index in [4.69, 9.17) is 9.98 Å². The molecule has 42 heavy (non-hydrogen) atoms. The summed E-state index contributed by atoms with van der Waals surface area (Å²) >= 11 is 0. The molecule has 0 amide bonds. The minimum absolute atomic E-state index is 0.0641. The number of nitrogens with zero attached hydrogens (tertiary/aromatic N) is 4. The van der Waals surface area contributed by atoms with Gasteiger partial charge in [0.1, 0.15) is 48.0 Å². The van der Waals surface area contributed by atoms with Crippen LogP contribution in [0.2, 0.25) is 0 Å². The molecule has 5 aromatic rings. The van der Waals surface area contributed by atoms with E-state index in [1.165, 1.54) is 11.1 Å². The largest absolute Gasteiger partial charge is 0.350 e. The average Bonchev–Trinajstić information content (AvgIpc) is 3.71. The SMILES string of the molecule is CN1C2NC3=NC(Nc4c5ccccc5c(n4C)NC4N=C(NC1c1ccccc12)c1ccccc14)c1ccccc13. The predicted octanol–water partition coefficient (Wildman–Crippen LogP) is 5.76. The molecule has 9 rings (SSSR count). The molecular formula is C34H30N8. The molecule has 8 nitrogen and oxygen atoms in total. The summed E-state index contributed by atoms with van der Waals surface area (Å²) in [5.74, 6) is 3.81. The van der Waals surface area contributed by atoms with Crippen molar-refractivity contribution < 1.29 is 0 Å². The van der Waals surface area contributed by atoms with Crippen molar-refractivity contribution in [1.82, 2.24) is 20.1 Å². The molecule has 0 saturated heterocycles. The van der Waals surface area contributed by atoms with Gasteiger partial charge in [-0.15, -0.1) is 0 Å². The van der Waals surface area contributed by atoms with Gasteiger partial charge in [0.2, 0.25) is 0 Å². The number of fused-ring (bicyclic) bond motifs is 18. The number of rotatable bonds is 0. The highest BCUT2D eigenvalue weighted by atomic mass is 15.4. The van der Waals surface area contributed by atoms with Crippen LogP contribution in [0.5, 0.6) is 0 Å². The lowest BCUT2D eigenvalue weighted by Crippen LogP contribution is -2.41. The molecule has 0 fully saturated rings. The number of anilines is 2. The summed E-state index contributed by atoms with van der Waals surface area (Å²) in [6.45, 7) is 0. The van der Waals surface area contributed by atoms with Crippen molar-refractivity contribution in [3.63, 3.8) is 0 Å². The van der Waals surface area contributed by atoms with Gasteiger partial charge in [0, 0.05) is 40.1 Å². The van der Waals surface area contributed by atoms with Gasteiger partial charge in [-0.1, -0.05) is 97.1 Å². The second-order valence-electron chi connectivity index (χ2n) is 11.4. The van der Waals surface area contributed by atoms with Gasteiger partial charge in [-0.25, -0.2) is 9.98 Å². The third-order valence-corrected chi connectivity index (χ3v) is 9.14. The van der Waals surface area contributed by atoms with Crippen LogP contribution in [0.25, 0.3) is 10.8 Å². The number of nitrogens with one attached hydrogen (secondary N) is 4. The Hall–Kier alpha value is -5.08. The third-order valence-electron chi connectivity index (χ3n) is 9.14. The second-order valence-corrected chi connectivity index (χ2v) is 11.4. The van der Waals surface area contributed by atoms with Crippen molar-refractivity contribution in [3.8, 4) is 0 Å². The maximum Gasteiger partial charge on any atom is 0.148 e. The van der Waals surface area contributed by atoms with Crippen LogP contribution in [-0.2, 0) is 7.05 Å². The van der Waals surface area contributed by atoms with E-state index in [0.717, 1.165) is 56.3 Å². The van der Waals surface area contributed by atoms with E-state index in [2.05, 4.69) is 142 Å². The van der Waals surface area contributed by atoms with Crippen LogP contribution in [0.4, 0.5) is 11.6 Å². The van der Waals surface area contributed by atoms with E-state index >= 15 is 0 Å². The zero-order valence-corrected chi connectivity index (χ0v) is 23.3. The van der Waals surface area contributed by atoms with Gasteiger partial charge in [-0.05, 0) is 18.2 Å². The van der Waals surface area contributed by atoms with E-state index in [-0.39, 0.29) is 24.7 Å². The minimum atomic E-state index is -0.228. The van der Waals surface area contributed by atoms with Gasteiger partial charge >= 0.3 is 0 Å². The van der Waals surface area contributed by atoms with E-state index in [0.29, 0.717) is 0 Å². The molecular weight excluding hydrogens is 520 g/mol. The molecule has 0 saturated carbocycles. The lowest BCUT2D eigenvalue weighted by atomic mass is 10.0. The molecule has 5 heterocycles. The number of hydrogen-bond acceptors (Lipinski definition) is 7. The lowest BCUT2D eigenvalue weighted by Gasteiger charge is -2.29. The van der Waals surface area contributed by atoms with Crippen LogP contribution in [0.1, 0.15) is 58.0 Å². The fourth-order valence-electron chi connectivity index (χ4n) is 7.08. The number of amidine groups is 2. The molecule has 0 radical (unpaired) electrons. The average molecular weight is 551 g/mol. The highest BCUT2D eigenvalue weighted by molar-refractivity contribution is 6.06. The minimum Gasteiger partial charge on any atom is -0.350 e. The smallest absolute Gasteiger partial charge is 0.148 e. The highest BCUT2D eigenvalue weighted by Gasteiger charge is 2.40. The quantitative estimate of drug-likeness (QED) is 0.197. The third kappa shape index (κ3) is 3.27. The van der Waals surface area contributed by atoms with Crippen molar-refractivity contribution in [2.45, 2.75) is 24.7 Å². The monoisotopic (exact) mass is 550 g/mol. The van der Waals surface area contributed by atoms with Crippen LogP contribution < -0.4 is 21.3 Å². The Morgan fingerprint density at radius 3 is 1.38 bits per heavy atom. The molecule has 0 aliphatic carbocycles. The van der Waals surface area contributed by atoms with E-state index < -0.39 is 0 Å². The molecule has 0 spiro atoms. The summed E-state index contributed by atoms with van der Waals surface area (Å²) in [4.78, 5) is 12.8. The van der Waals surface area contributed by atoms with Crippen molar-refractivity contribution in [3.05, 3.63) is 130 Å². The van der Waals surface area contributed by atoms with Crippen LogP contribution in [0.3, 0.4) is 0 Å². The fraction of sp³-hybridized carbons (Fsp3) is 0.176. The van der Waals surface area contributed by atoms with Crippen LogP contribution >= 0.6 is 0 Å². The van der Waals surface area contributed by atoms with Crippen LogP contribution in [0.15, 0.2) is 107 Å². The van der Waals surface area contributed by atoms with E-state index in [1.54, 1.807) is 0 Å². The zero-order chi connectivity index (χ0) is 27.9. The Morgan fingerprint density at radius 2 is 0.905 bits per heavy atom. The molecule has 4 aromatic carbocycles. The molecule has 8 bridgehead atoms. The molecule has 8 heteroatoms. The summed E-state index contributed by atoms with van der Waals surface area (Å²) in [6, 6.07) is 34.2. The number of benzene rings is 4. The van der Waals surface area contributed by atoms with Gasteiger partial charge in [-0.2, -0.15) is 0 Å². The Bertz CT molecular complexity index is 1830. The van der Waals surface area contributed by atoms with Crippen LogP contribution in [0, 0.1) is 0 Å². The summed E-state index contributed by atoms with van der Waals surface area (Å²) in [5, 5.41) is 17.6. The Labute approximate surface area is 243 Å². The topological polar surface area (TPSA) is 81.0 Å². The van der Waals surface area contributed by atoms with Crippen molar-refractivity contribution in [2.75, 3.05) is 17.7 Å². The molecule has 4 aliphatic rings.